The first-order valence-electron chi connectivity index (χ1n) is 26.6. The van der Waals surface area contributed by atoms with Crippen molar-refractivity contribution in [3.8, 4) is 28.7 Å². The number of phenols is 5. The monoisotopic (exact) mass is 1190 g/mol. The van der Waals surface area contributed by atoms with Gasteiger partial charge in [0, 0.05) is 33.0 Å². The zero-order valence-corrected chi connectivity index (χ0v) is 50.6. The normalized spacial score (nSPS) is 11.7. The molecule has 0 spiro atoms. The van der Waals surface area contributed by atoms with Gasteiger partial charge in [-0.1, -0.05) is 157 Å². The summed E-state index contributed by atoms with van der Waals surface area (Å²) in [5.41, 5.74) is 9.65. The molecule has 14 nitrogen and oxygen atoms in total. The molecule has 17 heteroatoms. The summed E-state index contributed by atoms with van der Waals surface area (Å²) in [4.78, 5) is 10.4. The van der Waals surface area contributed by atoms with Crippen LogP contribution in [0.3, 0.4) is 0 Å². The Kier molecular flexibility index (Phi) is 25.4. The summed E-state index contributed by atoms with van der Waals surface area (Å²) in [6.07, 6.45) is 0. The number of hydrogen-bond donors (Lipinski definition) is 11. The van der Waals surface area contributed by atoms with Crippen LogP contribution in [0.25, 0.3) is 0 Å². The predicted octanol–water partition coefficient (Wildman–Crippen LogP) is 11.9. The van der Waals surface area contributed by atoms with Gasteiger partial charge in [-0.25, -0.2) is 0 Å². The lowest BCUT2D eigenvalue weighted by atomic mass is 9.69. The lowest BCUT2D eigenvalue weighted by molar-refractivity contribution is 0.0200. The number of aryl methyl sites for hydroxylation is 1. The first-order valence-corrected chi connectivity index (χ1v) is 27.8. The molecular formula is C66H78Cl3N3O11. The molecule has 7 aromatic carbocycles. The fourth-order valence-electron chi connectivity index (χ4n) is 8.45. The van der Waals surface area contributed by atoms with Crippen LogP contribution < -0.4 is 0 Å². The summed E-state index contributed by atoms with van der Waals surface area (Å²) in [6.45, 7) is 18.4. The van der Waals surface area contributed by atoms with Crippen LogP contribution in [-0.2, 0) is 21.7 Å². The highest BCUT2D eigenvalue weighted by Gasteiger charge is 2.34. The quantitative estimate of drug-likeness (QED) is 0.0427. The van der Waals surface area contributed by atoms with Gasteiger partial charge >= 0.3 is 0 Å². The van der Waals surface area contributed by atoms with Crippen molar-refractivity contribution in [1.29, 1.82) is 0 Å². The molecule has 444 valence electrons. The standard InChI is InChI=1S/C34H38O2.C20H18O3.C5H12O3.C4H10O3.C3Cl3N3/c1-23-8-10-24(11-9-23)32(2,3)27-20-28(33(4,5)25-12-16-30(35)17-13-25)22-29(21-27)34(6,7)26-14-18-31(36)19-15-26;1-20(14-2-8-17(21)9-3-14,15-4-10-18(22)11-5-15)16-6-12-19(23)13-7-16;1-5(2-6,3-7)4-8;5-1-4(2-6)3-7;4-1-7-2(5)9-3(6)8-1/h8-22,35-36H,1-7H3;2-13,21-23H,1H3;6-8H,2-4H2,1H3;4-7H,1-3H2;. The number of aromatic hydroxyl groups is 5. The number of nitrogens with zero attached hydrogens (tertiary/aromatic N) is 3. The topological polar surface area (TPSA) is 261 Å². The zero-order valence-electron chi connectivity index (χ0n) is 48.3. The van der Waals surface area contributed by atoms with Crippen molar-refractivity contribution in [2.45, 2.75) is 84.0 Å². The SMILES string of the molecule is CC(CO)(CO)CO.CC(c1ccc(O)cc1)(c1ccc(O)cc1)c1ccc(O)cc1.Cc1ccc(C(C)(C)c2cc(C(C)(C)c3ccc(O)cc3)cc(C(C)(C)c3ccc(O)cc3)c2)cc1.Clc1nc(Cl)nc(Cl)n1.OCC(CO)CO. The van der Waals surface area contributed by atoms with Crippen LogP contribution in [0.2, 0.25) is 15.9 Å². The molecule has 8 aromatic rings. The lowest BCUT2D eigenvalue weighted by Crippen LogP contribution is -2.29. The smallest absolute Gasteiger partial charge is 0.227 e. The summed E-state index contributed by atoms with van der Waals surface area (Å²) in [5.74, 6) is 0.850. The minimum atomic E-state index is -0.708. The van der Waals surface area contributed by atoms with E-state index < -0.39 is 10.8 Å². The van der Waals surface area contributed by atoms with Crippen LogP contribution in [0, 0.1) is 18.3 Å². The van der Waals surface area contributed by atoms with Crippen molar-refractivity contribution in [2.75, 3.05) is 39.6 Å². The fourth-order valence-corrected chi connectivity index (χ4v) is 9.06. The summed E-state index contributed by atoms with van der Waals surface area (Å²) < 4.78 is 0. The summed E-state index contributed by atoms with van der Waals surface area (Å²) in [6, 6.07) is 52.2. The minimum Gasteiger partial charge on any atom is -0.508 e. The van der Waals surface area contributed by atoms with E-state index >= 15 is 0 Å². The zero-order chi connectivity index (χ0) is 61.9. The third kappa shape index (κ3) is 18.8. The molecule has 0 aliphatic heterocycles. The molecule has 1 aromatic heterocycles. The van der Waals surface area contributed by atoms with Crippen LogP contribution in [0.1, 0.15) is 111 Å². The number of rotatable bonds is 15. The Bertz CT molecular complexity index is 2870. The van der Waals surface area contributed by atoms with Crippen molar-refractivity contribution in [2.24, 2.45) is 11.3 Å². The highest BCUT2D eigenvalue weighted by Crippen LogP contribution is 2.43. The molecule has 0 saturated heterocycles. The van der Waals surface area contributed by atoms with E-state index in [9.17, 15) is 25.5 Å². The summed E-state index contributed by atoms with van der Waals surface area (Å²) in [7, 11) is 0. The molecule has 11 N–H and O–H groups in total. The van der Waals surface area contributed by atoms with Gasteiger partial charge in [-0.2, -0.15) is 15.0 Å². The van der Waals surface area contributed by atoms with Gasteiger partial charge in [0.1, 0.15) is 28.7 Å². The number of aliphatic hydroxyl groups excluding tert-OH is 6. The molecule has 0 fully saturated rings. The van der Waals surface area contributed by atoms with Crippen molar-refractivity contribution in [1.82, 2.24) is 15.0 Å². The molecule has 0 amide bonds. The van der Waals surface area contributed by atoms with Crippen molar-refractivity contribution in [3.63, 3.8) is 0 Å². The summed E-state index contributed by atoms with van der Waals surface area (Å²) in [5, 5.41) is 98.5. The molecule has 0 unspecified atom stereocenters. The predicted molar refractivity (Wildman–Crippen MR) is 329 cm³/mol. The number of hydrogen-bond acceptors (Lipinski definition) is 14. The van der Waals surface area contributed by atoms with Gasteiger partial charge in [0.05, 0.1) is 39.6 Å². The van der Waals surface area contributed by atoms with Crippen molar-refractivity contribution >= 4 is 34.8 Å². The molecule has 0 atom stereocenters. The van der Waals surface area contributed by atoms with Crippen LogP contribution in [0.15, 0.2) is 164 Å². The maximum Gasteiger partial charge on any atom is 0.227 e. The Morgan fingerprint density at radius 3 is 0.711 bits per heavy atom. The third-order valence-corrected chi connectivity index (χ3v) is 15.4. The van der Waals surface area contributed by atoms with E-state index in [4.69, 9.17) is 65.4 Å². The number of halogens is 3. The molecule has 0 saturated carbocycles. The van der Waals surface area contributed by atoms with Gasteiger partial charge in [0.15, 0.2) is 0 Å². The fraction of sp³-hybridized carbons (Fsp3) is 0.318. The second kappa shape index (κ2) is 30.6. The molecule has 8 rings (SSSR count). The minimum absolute atomic E-state index is 0.000000000000000444. The van der Waals surface area contributed by atoms with E-state index in [1.54, 1.807) is 67.6 Å². The van der Waals surface area contributed by atoms with Crippen LogP contribution >= 0.6 is 34.8 Å². The van der Waals surface area contributed by atoms with Gasteiger partial charge in [0.25, 0.3) is 0 Å². The van der Waals surface area contributed by atoms with E-state index in [-0.39, 0.29) is 106 Å². The van der Waals surface area contributed by atoms with Crippen molar-refractivity contribution in [3.05, 3.63) is 235 Å². The van der Waals surface area contributed by atoms with E-state index in [0.717, 1.165) is 27.8 Å². The second-order valence-corrected chi connectivity index (χ2v) is 23.3. The maximum atomic E-state index is 9.87. The second-order valence-electron chi connectivity index (χ2n) is 22.2. The van der Waals surface area contributed by atoms with E-state index in [1.807, 2.05) is 60.7 Å². The third-order valence-electron chi connectivity index (χ3n) is 14.9. The number of phenolic OH excluding ortho intramolecular Hbond substituents is 5. The molecule has 0 radical (unpaired) electrons. The highest BCUT2D eigenvalue weighted by molar-refractivity contribution is 6.33. The largest absolute Gasteiger partial charge is 0.508 e. The van der Waals surface area contributed by atoms with Crippen molar-refractivity contribution < 1.29 is 56.2 Å². The van der Waals surface area contributed by atoms with Gasteiger partial charge in [-0.05, 0) is 159 Å². The Balaban J connectivity index is 0.000000265. The Labute approximate surface area is 502 Å². The molecular weight excluding hydrogens is 1120 g/mol. The summed E-state index contributed by atoms with van der Waals surface area (Å²) >= 11 is 16.0. The Morgan fingerprint density at radius 1 is 0.325 bits per heavy atom. The molecule has 83 heavy (non-hydrogen) atoms. The number of aromatic nitrogens is 3. The molecule has 1 heterocycles. The lowest BCUT2D eigenvalue weighted by Gasteiger charge is -2.35. The van der Waals surface area contributed by atoms with Crippen LogP contribution in [-0.4, -0.2) is 111 Å². The maximum absolute atomic E-state index is 9.87. The van der Waals surface area contributed by atoms with E-state index in [0.29, 0.717) is 0 Å². The molecule has 0 aliphatic rings. The number of benzene rings is 7. The van der Waals surface area contributed by atoms with Crippen LogP contribution in [0.5, 0.6) is 28.7 Å². The molecule has 0 aliphatic carbocycles. The van der Waals surface area contributed by atoms with Gasteiger partial charge < -0.3 is 56.2 Å². The number of aliphatic hydroxyl groups is 6. The van der Waals surface area contributed by atoms with E-state index in [1.165, 1.54) is 27.8 Å². The van der Waals surface area contributed by atoms with Gasteiger partial charge in [0.2, 0.25) is 15.9 Å². The van der Waals surface area contributed by atoms with E-state index in [2.05, 4.69) is 113 Å². The van der Waals surface area contributed by atoms with Gasteiger partial charge in [-0.3, -0.25) is 0 Å². The Hall–Kier alpha value is -6.82. The average Bonchev–Trinajstić information content (AvgIpc) is 3.58. The highest BCUT2D eigenvalue weighted by atomic mass is 35.5. The first kappa shape index (κ1) is 68.7. The molecule has 0 bridgehead atoms. The average molecular weight is 1200 g/mol. The Morgan fingerprint density at radius 2 is 0.530 bits per heavy atom. The first-order chi connectivity index (χ1) is 39.0. The van der Waals surface area contributed by atoms with Gasteiger partial charge in [-0.15, -0.1) is 0 Å². The van der Waals surface area contributed by atoms with Crippen LogP contribution in [0.4, 0.5) is 0 Å².